The number of amides is 2. The lowest BCUT2D eigenvalue weighted by molar-refractivity contribution is -0.129. The first kappa shape index (κ1) is 16.0. The number of nitrogens with one attached hydrogen (secondary N) is 2. The van der Waals surface area contributed by atoms with Crippen LogP contribution in [0.3, 0.4) is 0 Å². The van der Waals surface area contributed by atoms with Crippen LogP contribution in [0.25, 0.3) is 0 Å². The van der Waals surface area contributed by atoms with Crippen LogP contribution in [0.1, 0.15) is 28.0 Å². The molecule has 1 aliphatic heterocycles. The van der Waals surface area contributed by atoms with Crippen molar-refractivity contribution in [3.05, 3.63) is 69.6 Å². The first-order chi connectivity index (χ1) is 11.5. The molecule has 6 heteroatoms. The van der Waals surface area contributed by atoms with Crippen molar-refractivity contribution < 1.29 is 9.59 Å². The maximum Gasteiger partial charge on any atom is 0.260 e. The summed E-state index contributed by atoms with van der Waals surface area (Å²) >= 11 is 0. The molecule has 2 heterocycles. The molecule has 0 saturated carbocycles. The highest BCUT2D eigenvalue weighted by Gasteiger charge is 2.33. The van der Waals surface area contributed by atoms with Gasteiger partial charge in [-0.05, 0) is 31.0 Å². The molecule has 1 aromatic heterocycles. The lowest BCUT2D eigenvalue weighted by atomic mass is 10.2. The van der Waals surface area contributed by atoms with Crippen LogP contribution in [0, 0.1) is 6.92 Å². The molecule has 2 aromatic rings. The van der Waals surface area contributed by atoms with Crippen LogP contribution < -0.4 is 10.9 Å². The van der Waals surface area contributed by atoms with Crippen LogP contribution in [-0.2, 0) is 11.3 Å². The highest BCUT2D eigenvalue weighted by atomic mass is 16.2. The number of benzene rings is 1. The van der Waals surface area contributed by atoms with E-state index in [-0.39, 0.29) is 11.5 Å². The van der Waals surface area contributed by atoms with E-state index in [1.807, 2.05) is 30.3 Å². The third kappa shape index (κ3) is 3.37. The Hall–Kier alpha value is -2.89. The number of rotatable bonds is 4. The molecular weight excluding hydrogens is 306 g/mol. The van der Waals surface area contributed by atoms with E-state index in [0.29, 0.717) is 25.2 Å². The molecule has 1 aromatic carbocycles. The molecule has 0 bridgehead atoms. The fourth-order valence-electron chi connectivity index (χ4n) is 2.82. The Kier molecular flexibility index (Phi) is 4.46. The highest BCUT2D eigenvalue weighted by Crippen LogP contribution is 2.15. The van der Waals surface area contributed by atoms with Crippen molar-refractivity contribution >= 4 is 11.8 Å². The van der Waals surface area contributed by atoms with Gasteiger partial charge in [0.25, 0.3) is 11.5 Å². The highest BCUT2D eigenvalue weighted by molar-refractivity contribution is 5.97. The summed E-state index contributed by atoms with van der Waals surface area (Å²) in [6.45, 7) is 2.85. The number of carbonyl (C=O) groups excluding carboxylic acids is 2. The molecule has 0 aliphatic carbocycles. The van der Waals surface area contributed by atoms with Gasteiger partial charge in [-0.2, -0.15) is 0 Å². The normalized spacial score (nSPS) is 17.1. The summed E-state index contributed by atoms with van der Waals surface area (Å²) in [6.07, 6.45) is 0.543. The van der Waals surface area contributed by atoms with Crippen molar-refractivity contribution in [1.29, 1.82) is 0 Å². The largest absolute Gasteiger partial charge is 0.340 e. The minimum Gasteiger partial charge on any atom is -0.340 e. The maximum atomic E-state index is 12.4. The second-order valence-electron chi connectivity index (χ2n) is 5.94. The summed E-state index contributed by atoms with van der Waals surface area (Å²) in [5.41, 5.74) is 1.31. The first-order valence-electron chi connectivity index (χ1n) is 7.88. The van der Waals surface area contributed by atoms with Gasteiger partial charge in [-0.1, -0.05) is 30.3 Å². The van der Waals surface area contributed by atoms with E-state index in [0.717, 1.165) is 5.56 Å². The average Bonchev–Trinajstić information content (AvgIpc) is 2.89. The molecule has 1 atom stereocenters. The monoisotopic (exact) mass is 325 g/mol. The maximum absolute atomic E-state index is 12.4. The molecule has 24 heavy (non-hydrogen) atoms. The molecule has 2 amide bonds. The summed E-state index contributed by atoms with van der Waals surface area (Å²) in [4.78, 5) is 40.8. The van der Waals surface area contributed by atoms with Gasteiger partial charge in [-0.25, -0.2) is 0 Å². The van der Waals surface area contributed by atoms with Gasteiger partial charge in [0.05, 0.1) is 0 Å². The van der Waals surface area contributed by atoms with Crippen LogP contribution in [0.2, 0.25) is 0 Å². The van der Waals surface area contributed by atoms with Crippen molar-refractivity contribution in [3.63, 3.8) is 0 Å². The second kappa shape index (κ2) is 6.70. The summed E-state index contributed by atoms with van der Waals surface area (Å²) in [5, 5.41) is 2.67. The van der Waals surface area contributed by atoms with Crippen LogP contribution in [0.4, 0.5) is 0 Å². The minimum atomic E-state index is -0.582. The number of aryl methyl sites for hydroxylation is 1. The Morgan fingerprint density at radius 3 is 2.67 bits per heavy atom. The Labute approximate surface area is 139 Å². The minimum absolute atomic E-state index is 0.0231. The van der Waals surface area contributed by atoms with Crippen molar-refractivity contribution in [3.8, 4) is 0 Å². The molecule has 1 unspecified atom stereocenters. The molecule has 2 N–H and O–H groups in total. The predicted octanol–water partition coefficient (Wildman–Crippen LogP) is 1.21. The zero-order valence-electron chi connectivity index (χ0n) is 13.4. The molecule has 1 fully saturated rings. The lowest BCUT2D eigenvalue weighted by Gasteiger charge is -2.17. The van der Waals surface area contributed by atoms with Gasteiger partial charge in [-0.3, -0.25) is 14.4 Å². The van der Waals surface area contributed by atoms with Gasteiger partial charge < -0.3 is 15.2 Å². The number of pyridine rings is 1. The summed E-state index contributed by atoms with van der Waals surface area (Å²) in [7, 11) is 0. The smallest absolute Gasteiger partial charge is 0.260 e. The van der Waals surface area contributed by atoms with E-state index < -0.39 is 17.5 Å². The number of carbonyl (C=O) groups is 2. The van der Waals surface area contributed by atoms with E-state index in [9.17, 15) is 14.4 Å². The molecule has 6 nitrogen and oxygen atoms in total. The van der Waals surface area contributed by atoms with Crippen molar-refractivity contribution in [2.45, 2.75) is 25.9 Å². The van der Waals surface area contributed by atoms with Gasteiger partial charge in [0, 0.05) is 18.8 Å². The quantitative estimate of drug-likeness (QED) is 0.886. The van der Waals surface area contributed by atoms with Crippen molar-refractivity contribution in [2.24, 2.45) is 0 Å². The standard InChI is InChI=1S/C18H19N3O3/c1-12-7-8-14(16(22)19-12)17(23)20-15-9-10-21(18(15)24)11-13-5-3-2-4-6-13/h2-8,15H,9-11H2,1H3,(H,19,22)(H,20,23). The Morgan fingerprint density at radius 2 is 1.96 bits per heavy atom. The van der Waals surface area contributed by atoms with Gasteiger partial charge in [0.2, 0.25) is 5.91 Å². The van der Waals surface area contributed by atoms with E-state index in [4.69, 9.17) is 0 Å². The number of nitrogens with zero attached hydrogens (tertiary/aromatic N) is 1. The number of likely N-dealkylation sites (tertiary alicyclic amines) is 1. The topological polar surface area (TPSA) is 82.3 Å². The number of aromatic amines is 1. The molecular formula is C18H19N3O3. The van der Waals surface area contributed by atoms with Gasteiger partial charge in [0.15, 0.2) is 0 Å². The Morgan fingerprint density at radius 1 is 1.21 bits per heavy atom. The average molecular weight is 325 g/mol. The number of aromatic nitrogens is 1. The molecule has 3 rings (SSSR count). The summed E-state index contributed by atoms with van der Waals surface area (Å²) in [6, 6.07) is 12.3. The van der Waals surface area contributed by atoms with E-state index in [2.05, 4.69) is 10.3 Å². The number of H-pyrrole nitrogens is 1. The Balaban J connectivity index is 1.65. The number of hydrogen-bond acceptors (Lipinski definition) is 3. The molecule has 0 radical (unpaired) electrons. The molecule has 1 aliphatic rings. The summed E-state index contributed by atoms with van der Waals surface area (Å²) in [5.74, 6) is -0.632. The zero-order valence-corrected chi connectivity index (χ0v) is 13.4. The third-order valence-electron chi connectivity index (χ3n) is 4.12. The molecule has 0 spiro atoms. The fraction of sp³-hybridized carbons (Fsp3) is 0.278. The van der Waals surface area contributed by atoms with Gasteiger partial charge in [0.1, 0.15) is 11.6 Å². The van der Waals surface area contributed by atoms with Gasteiger partial charge in [-0.15, -0.1) is 0 Å². The van der Waals surface area contributed by atoms with E-state index >= 15 is 0 Å². The van der Waals surface area contributed by atoms with Crippen LogP contribution in [0.5, 0.6) is 0 Å². The van der Waals surface area contributed by atoms with Crippen molar-refractivity contribution in [1.82, 2.24) is 15.2 Å². The third-order valence-corrected chi connectivity index (χ3v) is 4.12. The van der Waals surface area contributed by atoms with Crippen LogP contribution in [-0.4, -0.2) is 34.3 Å². The zero-order chi connectivity index (χ0) is 17.1. The lowest BCUT2D eigenvalue weighted by Crippen LogP contribution is -2.42. The predicted molar refractivity (Wildman–Crippen MR) is 89.5 cm³/mol. The van der Waals surface area contributed by atoms with Crippen molar-refractivity contribution in [2.75, 3.05) is 6.54 Å². The summed E-state index contributed by atoms with van der Waals surface area (Å²) < 4.78 is 0. The van der Waals surface area contributed by atoms with Gasteiger partial charge >= 0.3 is 0 Å². The SMILES string of the molecule is Cc1ccc(C(=O)NC2CCN(Cc3ccccc3)C2=O)c(=O)[nH]1. The molecule has 1 saturated heterocycles. The number of hydrogen-bond donors (Lipinski definition) is 2. The van der Waals surface area contributed by atoms with E-state index in [1.54, 1.807) is 17.9 Å². The molecule has 124 valence electrons. The fourth-order valence-corrected chi connectivity index (χ4v) is 2.82. The Bertz CT molecular complexity index is 814. The van der Waals surface area contributed by atoms with E-state index in [1.165, 1.54) is 6.07 Å². The van der Waals surface area contributed by atoms with Crippen LogP contribution in [0.15, 0.2) is 47.3 Å². The van der Waals surface area contributed by atoms with Crippen LogP contribution >= 0.6 is 0 Å². The first-order valence-corrected chi connectivity index (χ1v) is 7.88. The second-order valence-corrected chi connectivity index (χ2v) is 5.94.